The summed E-state index contributed by atoms with van der Waals surface area (Å²) in [5.41, 5.74) is 0.228. The molecule has 8 heteroatoms. The van der Waals surface area contributed by atoms with Crippen molar-refractivity contribution in [2.75, 3.05) is 25.0 Å². The average molecular weight is 349 g/mol. The Morgan fingerprint density at radius 3 is 2.80 bits per heavy atom. The molecule has 0 atom stereocenters. The first-order valence-corrected chi connectivity index (χ1v) is 8.50. The average Bonchev–Trinajstić information content (AvgIpc) is 2.96. The molecule has 0 bridgehead atoms. The highest BCUT2D eigenvalue weighted by Crippen LogP contribution is 2.25. The molecule has 25 heavy (non-hydrogen) atoms. The Hall–Kier alpha value is -2.35. The SMILES string of the molecule is O=C(CCCN1CCCCC1)Nc1n[nH]c(-c2cncc(F)c2)c1F. The zero-order valence-corrected chi connectivity index (χ0v) is 13.9. The Kier molecular flexibility index (Phi) is 5.70. The van der Waals surface area contributed by atoms with Crippen LogP contribution in [0.2, 0.25) is 0 Å². The van der Waals surface area contributed by atoms with Gasteiger partial charge in [-0.15, -0.1) is 0 Å². The fourth-order valence-corrected chi connectivity index (χ4v) is 2.99. The van der Waals surface area contributed by atoms with Crippen molar-refractivity contribution in [2.45, 2.75) is 32.1 Å². The number of piperidine rings is 1. The second-order valence-corrected chi connectivity index (χ2v) is 6.21. The number of carbonyl (C=O) groups is 1. The van der Waals surface area contributed by atoms with E-state index in [4.69, 9.17) is 0 Å². The van der Waals surface area contributed by atoms with Gasteiger partial charge in [0.1, 0.15) is 11.5 Å². The number of rotatable bonds is 6. The number of hydrogen-bond donors (Lipinski definition) is 2. The van der Waals surface area contributed by atoms with Gasteiger partial charge in [0, 0.05) is 18.2 Å². The number of halogens is 2. The predicted octanol–water partition coefficient (Wildman–Crippen LogP) is 2.95. The second-order valence-electron chi connectivity index (χ2n) is 6.21. The predicted molar refractivity (Wildman–Crippen MR) is 89.9 cm³/mol. The summed E-state index contributed by atoms with van der Waals surface area (Å²) in [6.45, 7) is 3.04. The fraction of sp³-hybridized carbons (Fsp3) is 0.471. The van der Waals surface area contributed by atoms with Gasteiger partial charge >= 0.3 is 0 Å². The van der Waals surface area contributed by atoms with Crippen LogP contribution in [0.25, 0.3) is 11.3 Å². The van der Waals surface area contributed by atoms with E-state index in [2.05, 4.69) is 25.4 Å². The van der Waals surface area contributed by atoms with Crippen molar-refractivity contribution in [3.05, 3.63) is 30.1 Å². The Balaban J connectivity index is 1.53. The third kappa shape index (κ3) is 4.60. The van der Waals surface area contributed by atoms with E-state index in [1.807, 2.05) is 0 Å². The smallest absolute Gasteiger partial charge is 0.225 e. The lowest BCUT2D eigenvalue weighted by Gasteiger charge is -2.26. The number of aromatic amines is 1. The van der Waals surface area contributed by atoms with Gasteiger partial charge in [-0.1, -0.05) is 6.42 Å². The molecule has 0 spiro atoms. The number of nitrogens with zero attached hydrogens (tertiary/aromatic N) is 3. The van der Waals surface area contributed by atoms with Gasteiger partial charge < -0.3 is 10.2 Å². The molecule has 3 heterocycles. The van der Waals surface area contributed by atoms with Crippen LogP contribution in [0.4, 0.5) is 14.6 Å². The molecule has 1 fully saturated rings. The lowest BCUT2D eigenvalue weighted by Crippen LogP contribution is -2.31. The van der Waals surface area contributed by atoms with E-state index in [1.54, 1.807) is 0 Å². The van der Waals surface area contributed by atoms with E-state index < -0.39 is 11.6 Å². The van der Waals surface area contributed by atoms with E-state index in [9.17, 15) is 13.6 Å². The van der Waals surface area contributed by atoms with Gasteiger partial charge in [0.05, 0.1) is 6.20 Å². The topological polar surface area (TPSA) is 73.9 Å². The summed E-state index contributed by atoms with van der Waals surface area (Å²) in [5.74, 6) is -1.76. The highest BCUT2D eigenvalue weighted by atomic mass is 19.1. The molecule has 0 aliphatic carbocycles. The van der Waals surface area contributed by atoms with Gasteiger partial charge in [-0.3, -0.25) is 14.9 Å². The summed E-state index contributed by atoms with van der Waals surface area (Å²) in [7, 11) is 0. The van der Waals surface area contributed by atoms with Gasteiger partial charge in [-0.05, 0) is 45.0 Å². The van der Waals surface area contributed by atoms with Crippen LogP contribution in [-0.4, -0.2) is 45.6 Å². The lowest BCUT2D eigenvalue weighted by atomic mass is 10.1. The maximum atomic E-state index is 14.4. The number of hydrogen-bond acceptors (Lipinski definition) is 4. The van der Waals surface area contributed by atoms with Crippen LogP contribution in [0, 0.1) is 11.6 Å². The normalized spacial score (nSPS) is 15.3. The van der Waals surface area contributed by atoms with Crippen LogP contribution in [-0.2, 0) is 4.79 Å². The number of H-pyrrole nitrogens is 1. The van der Waals surface area contributed by atoms with Crippen LogP contribution in [0.15, 0.2) is 18.5 Å². The monoisotopic (exact) mass is 349 g/mol. The molecule has 0 aromatic carbocycles. The molecule has 0 saturated carbocycles. The Labute approximate surface area is 144 Å². The Morgan fingerprint density at radius 1 is 1.24 bits per heavy atom. The van der Waals surface area contributed by atoms with Crippen molar-refractivity contribution in [2.24, 2.45) is 0 Å². The van der Waals surface area contributed by atoms with E-state index in [1.165, 1.54) is 25.5 Å². The molecule has 0 radical (unpaired) electrons. The van der Waals surface area contributed by atoms with E-state index in [0.29, 0.717) is 6.42 Å². The van der Waals surface area contributed by atoms with Crippen molar-refractivity contribution in [1.82, 2.24) is 20.1 Å². The maximum absolute atomic E-state index is 14.4. The number of likely N-dealkylation sites (tertiary alicyclic amines) is 1. The van der Waals surface area contributed by atoms with Crippen molar-refractivity contribution in [1.29, 1.82) is 0 Å². The van der Waals surface area contributed by atoms with Crippen molar-refractivity contribution >= 4 is 11.7 Å². The first-order chi connectivity index (χ1) is 12.1. The van der Waals surface area contributed by atoms with Gasteiger partial charge in [-0.2, -0.15) is 5.10 Å². The molecule has 1 aliphatic heterocycles. The summed E-state index contributed by atoms with van der Waals surface area (Å²) in [6.07, 6.45) is 7.08. The highest BCUT2D eigenvalue weighted by Gasteiger charge is 2.17. The van der Waals surface area contributed by atoms with Crippen molar-refractivity contribution in [3.8, 4) is 11.3 Å². The first-order valence-electron chi connectivity index (χ1n) is 8.50. The molecule has 1 saturated heterocycles. The largest absolute Gasteiger partial charge is 0.307 e. The molecule has 2 N–H and O–H groups in total. The highest BCUT2D eigenvalue weighted by molar-refractivity contribution is 5.90. The first kappa shape index (κ1) is 17.5. The van der Waals surface area contributed by atoms with Gasteiger partial charge in [0.25, 0.3) is 0 Å². The molecule has 1 amide bonds. The van der Waals surface area contributed by atoms with E-state index >= 15 is 0 Å². The van der Waals surface area contributed by atoms with E-state index in [0.717, 1.165) is 38.3 Å². The van der Waals surface area contributed by atoms with Crippen LogP contribution < -0.4 is 5.32 Å². The van der Waals surface area contributed by atoms with Crippen LogP contribution in [0.1, 0.15) is 32.1 Å². The molecule has 2 aromatic rings. The van der Waals surface area contributed by atoms with Crippen LogP contribution in [0.5, 0.6) is 0 Å². The van der Waals surface area contributed by atoms with Crippen LogP contribution >= 0.6 is 0 Å². The van der Waals surface area contributed by atoms with E-state index in [-0.39, 0.29) is 23.0 Å². The Bertz CT molecular complexity index is 728. The zero-order valence-electron chi connectivity index (χ0n) is 13.9. The third-order valence-corrected chi connectivity index (χ3v) is 4.29. The molecule has 134 valence electrons. The van der Waals surface area contributed by atoms with Gasteiger partial charge in [0.15, 0.2) is 11.6 Å². The number of carbonyl (C=O) groups excluding carboxylic acids is 1. The molecule has 1 aliphatic rings. The fourth-order valence-electron chi connectivity index (χ4n) is 2.99. The quantitative estimate of drug-likeness (QED) is 0.841. The van der Waals surface area contributed by atoms with Gasteiger partial charge in [0.2, 0.25) is 5.91 Å². The Morgan fingerprint density at radius 2 is 2.04 bits per heavy atom. The molecule has 2 aromatic heterocycles. The minimum absolute atomic E-state index is 0.00406. The summed E-state index contributed by atoms with van der Waals surface area (Å²) in [6, 6.07) is 1.15. The zero-order chi connectivity index (χ0) is 17.6. The third-order valence-electron chi connectivity index (χ3n) is 4.29. The number of pyridine rings is 1. The molecule has 6 nitrogen and oxygen atoms in total. The lowest BCUT2D eigenvalue weighted by molar-refractivity contribution is -0.116. The summed E-state index contributed by atoms with van der Waals surface area (Å²) in [5, 5.41) is 8.71. The standard InChI is InChI=1S/C17H21F2N5O/c18-13-9-12(10-20-11-13)16-15(19)17(23-22-16)21-14(25)5-4-8-24-6-2-1-3-7-24/h9-11H,1-8H2,(H2,21,22,23,25). The number of amides is 1. The summed E-state index contributed by atoms with van der Waals surface area (Å²) in [4.78, 5) is 18.0. The number of aromatic nitrogens is 3. The molecular formula is C17H21F2N5O. The minimum atomic E-state index is -0.725. The molecule has 3 rings (SSSR count). The van der Waals surface area contributed by atoms with Crippen molar-refractivity contribution < 1.29 is 13.6 Å². The maximum Gasteiger partial charge on any atom is 0.225 e. The number of anilines is 1. The van der Waals surface area contributed by atoms with Gasteiger partial charge in [-0.25, -0.2) is 8.78 Å². The number of nitrogens with one attached hydrogen (secondary N) is 2. The molecule has 0 unspecified atom stereocenters. The summed E-state index contributed by atoms with van der Waals surface area (Å²) >= 11 is 0. The minimum Gasteiger partial charge on any atom is -0.307 e. The second kappa shape index (κ2) is 8.15. The summed E-state index contributed by atoms with van der Waals surface area (Å²) < 4.78 is 27.6. The van der Waals surface area contributed by atoms with Crippen LogP contribution in [0.3, 0.4) is 0 Å². The molecular weight excluding hydrogens is 328 g/mol. The van der Waals surface area contributed by atoms with Crippen molar-refractivity contribution in [3.63, 3.8) is 0 Å².